The highest BCUT2D eigenvalue weighted by Crippen LogP contribution is 2.31. The van der Waals surface area contributed by atoms with Gasteiger partial charge in [0.1, 0.15) is 0 Å². The summed E-state index contributed by atoms with van der Waals surface area (Å²) >= 11 is 0. The van der Waals surface area contributed by atoms with Crippen LogP contribution >= 0.6 is 0 Å². The number of carbonyl (C=O) groups is 1. The number of nitrogens with zero attached hydrogens (tertiary/aromatic N) is 3. The van der Waals surface area contributed by atoms with E-state index in [0.29, 0.717) is 12.8 Å². The molecule has 5 heteroatoms. The molecule has 0 spiro atoms. The predicted molar refractivity (Wildman–Crippen MR) is 50.3 cm³/mol. The van der Waals surface area contributed by atoms with Gasteiger partial charge in [0, 0.05) is 0 Å². The molecule has 14 heavy (non-hydrogen) atoms. The van der Waals surface area contributed by atoms with E-state index in [1.54, 1.807) is 0 Å². The zero-order valence-electron chi connectivity index (χ0n) is 8.07. The topological polar surface area (TPSA) is 91.6 Å². The summed E-state index contributed by atoms with van der Waals surface area (Å²) in [5, 5.41) is 16.3. The first-order valence-electron chi connectivity index (χ1n) is 4.79. The number of hydrogen-bond donors (Lipinski definition) is 1. The van der Waals surface area contributed by atoms with Crippen LogP contribution in [0.15, 0.2) is 10.2 Å². The molecule has 0 aliphatic heterocycles. The second-order valence-corrected chi connectivity index (χ2v) is 3.50. The average Bonchev–Trinajstić information content (AvgIpc) is 2.27. The summed E-state index contributed by atoms with van der Waals surface area (Å²) in [6.45, 7) is -0.148. The van der Waals surface area contributed by atoms with Gasteiger partial charge in [-0.15, -0.1) is 5.11 Å². The Labute approximate surface area is 83.0 Å². The molecule has 1 amide bonds. The molecule has 1 aliphatic rings. The van der Waals surface area contributed by atoms with E-state index in [9.17, 15) is 4.79 Å². The molecule has 1 saturated carbocycles. The summed E-state index contributed by atoms with van der Waals surface area (Å²) in [4.78, 5) is 10.8. The maximum absolute atomic E-state index is 10.8. The van der Waals surface area contributed by atoms with Gasteiger partial charge >= 0.3 is 0 Å². The lowest BCUT2D eigenvalue weighted by Crippen LogP contribution is -2.27. The van der Waals surface area contributed by atoms with E-state index in [-0.39, 0.29) is 6.54 Å². The third kappa shape index (κ3) is 2.60. The van der Waals surface area contributed by atoms with E-state index in [4.69, 9.17) is 11.0 Å². The van der Waals surface area contributed by atoms with E-state index in [0.717, 1.165) is 19.3 Å². The van der Waals surface area contributed by atoms with Crippen molar-refractivity contribution in [3.05, 3.63) is 0 Å². The molecule has 0 bridgehead atoms. The maximum atomic E-state index is 10.8. The van der Waals surface area contributed by atoms with Gasteiger partial charge in [-0.1, -0.05) is 6.42 Å². The summed E-state index contributed by atoms with van der Waals surface area (Å²) in [5.41, 5.74) is 4.33. The van der Waals surface area contributed by atoms with Crippen molar-refractivity contribution in [1.82, 2.24) is 0 Å². The zero-order valence-corrected chi connectivity index (χ0v) is 8.07. The first-order chi connectivity index (χ1) is 6.72. The average molecular weight is 194 g/mol. The van der Waals surface area contributed by atoms with Crippen LogP contribution in [0.25, 0.3) is 0 Å². The molecule has 0 aromatic heterocycles. The molecular formula is C9H14N4O. The van der Waals surface area contributed by atoms with Gasteiger partial charge in [0.05, 0.1) is 12.6 Å². The Morgan fingerprint density at radius 3 is 2.57 bits per heavy atom. The van der Waals surface area contributed by atoms with E-state index in [1.165, 1.54) is 0 Å². The lowest BCUT2D eigenvalue weighted by atomic mass is 9.84. The molecule has 76 valence electrons. The fraction of sp³-hybridized carbons (Fsp3) is 0.778. The number of rotatable bonds is 2. The van der Waals surface area contributed by atoms with Gasteiger partial charge in [-0.05, 0) is 25.7 Å². The molecule has 0 aromatic rings. The Hall–Kier alpha value is -1.28. The number of azo groups is 1. The van der Waals surface area contributed by atoms with E-state index >= 15 is 0 Å². The van der Waals surface area contributed by atoms with Crippen LogP contribution in [-0.2, 0) is 4.79 Å². The summed E-state index contributed by atoms with van der Waals surface area (Å²) < 4.78 is 0. The molecule has 1 aliphatic carbocycles. The van der Waals surface area contributed by atoms with Crippen molar-refractivity contribution in [3.63, 3.8) is 0 Å². The van der Waals surface area contributed by atoms with Crippen LogP contribution in [0.5, 0.6) is 0 Å². The van der Waals surface area contributed by atoms with Crippen molar-refractivity contribution < 1.29 is 4.79 Å². The normalized spacial score (nSPS) is 20.6. The molecule has 5 nitrogen and oxygen atoms in total. The summed E-state index contributed by atoms with van der Waals surface area (Å²) in [6.07, 6.45) is 4.48. The van der Waals surface area contributed by atoms with Crippen molar-refractivity contribution >= 4 is 5.91 Å². The highest BCUT2D eigenvalue weighted by atomic mass is 16.1. The molecular weight excluding hydrogens is 180 g/mol. The number of carbonyl (C=O) groups excluding carboxylic acids is 1. The smallest absolute Gasteiger partial charge is 0.277 e. The van der Waals surface area contributed by atoms with Crippen molar-refractivity contribution in [2.45, 2.75) is 37.6 Å². The van der Waals surface area contributed by atoms with Crippen LogP contribution in [0, 0.1) is 11.3 Å². The van der Waals surface area contributed by atoms with E-state index < -0.39 is 11.4 Å². The Morgan fingerprint density at radius 1 is 1.43 bits per heavy atom. The van der Waals surface area contributed by atoms with Crippen LogP contribution < -0.4 is 5.73 Å². The van der Waals surface area contributed by atoms with Gasteiger partial charge < -0.3 is 5.73 Å². The lowest BCUT2D eigenvalue weighted by Gasteiger charge is -2.24. The third-order valence-electron chi connectivity index (χ3n) is 2.42. The van der Waals surface area contributed by atoms with Crippen molar-refractivity contribution in [2.75, 3.05) is 6.54 Å². The molecule has 2 N–H and O–H groups in total. The fourth-order valence-electron chi connectivity index (χ4n) is 1.56. The minimum absolute atomic E-state index is 0.148. The van der Waals surface area contributed by atoms with Crippen LogP contribution in [0.3, 0.4) is 0 Å². The van der Waals surface area contributed by atoms with Gasteiger partial charge in [0.25, 0.3) is 5.91 Å². The Balaban J connectivity index is 2.66. The standard InChI is InChI=1S/C9H14N4O/c10-6-8(14)12-13-9(7-11)4-2-1-3-5-9/h1-6,10H2. The second-order valence-electron chi connectivity index (χ2n) is 3.50. The molecule has 0 atom stereocenters. The third-order valence-corrected chi connectivity index (χ3v) is 2.42. The van der Waals surface area contributed by atoms with Gasteiger partial charge in [-0.2, -0.15) is 10.4 Å². The molecule has 0 saturated heterocycles. The van der Waals surface area contributed by atoms with Crippen LogP contribution in [-0.4, -0.2) is 18.0 Å². The van der Waals surface area contributed by atoms with Crippen LogP contribution in [0.1, 0.15) is 32.1 Å². The number of nitrogens with two attached hydrogens (primary N) is 1. The number of hydrogen-bond acceptors (Lipinski definition) is 4. The Morgan fingerprint density at radius 2 is 2.07 bits per heavy atom. The largest absolute Gasteiger partial charge is 0.322 e. The van der Waals surface area contributed by atoms with Crippen molar-refractivity contribution in [3.8, 4) is 6.07 Å². The highest BCUT2D eigenvalue weighted by Gasteiger charge is 2.32. The van der Waals surface area contributed by atoms with Crippen molar-refractivity contribution in [1.29, 1.82) is 5.26 Å². The van der Waals surface area contributed by atoms with Gasteiger partial charge in [-0.3, -0.25) is 4.79 Å². The minimum atomic E-state index is -0.761. The Bertz CT molecular complexity index is 273. The molecule has 0 aromatic carbocycles. The molecule has 1 fully saturated rings. The quantitative estimate of drug-likeness (QED) is 0.668. The molecule has 0 unspecified atom stereocenters. The summed E-state index contributed by atoms with van der Waals surface area (Å²) in [7, 11) is 0. The zero-order chi connectivity index (χ0) is 10.4. The second kappa shape index (κ2) is 4.82. The molecule has 1 rings (SSSR count). The van der Waals surface area contributed by atoms with Gasteiger partial charge in [-0.25, -0.2) is 0 Å². The minimum Gasteiger partial charge on any atom is -0.322 e. The molecule has 0 heterocycles. The SMILES string of the molecule is N#CC1(N=NC(=O)CN)CCCCC1. The molecule has 0 radical (unpaired) electrons. The predicted octanol–water partition coefficient (Wildman–Crippen LogP) is 1.15. The van der Waals surface area contributed by atoms with Crippen molar-refractivity contribution in [2.24, 2.45) is 16.0 Å². The Kier molecular flexibility index (Phi) is 3.72. The monoisotopic (exact) mass is 194 g/mol. The summed E-state index contributed by atoms with van der Waals surface area (Å²) in [6, 6.07) is 2.14. The number of nitriles is 1. The van der Waals surface area contributed by atoms with Gasteiger partial charge in [0.2, 0.25) is 0 Å². The highest BCUT2D eigenvalue weighted by molar-refractivity contribution is 5.78. The first kappa shape index (κ1) is 10.8. The van der Waals surface area contributed by atoms with Crippen LogP contribution in [0.2, 0.25) is 0 Å². The lowest BCUT2D eigenvalue weighted by molar-refractivity contribution is -0.117. The maximum Gasteiger partial charge on any atom is 0.277 e. The number of amides is 1. The van der Waals surface area contributed by atoms with Crippen LogP contribution in [0.4, 0.5) is 0 Å². The van der Waals surface area contributed by atoms with E-state index in [1.807, 2.05) is 0 Å². The fourth-order valence-corrected chi connectivity index (χ4v) is 1.56. The summed E-state index contributed by atoms with van der Waals surface area (Å²) in [5.74, 6) is -0.467. The van der Waals surface area contributed by atoms with Gasteiger partial charge in [0.15, 0.2) is 5.54 Å². The first-order valence-corrected chi connectivity index (χ1v) is 4.79. The van der Waals surface area contributed by atoms with E-state index in [2.05, 4.69) is 16.3 Å².